The molecule has 0 aromatic carbocycles. The Bertz CT molecular complexity index is 333. The molecule has 1 rings (SSSR count). The van der Waals surface area contributed by atoms with Gasteiger partial charge in [-0.2, -0.15) is 0 Å². The highest BCUT2D eigenvalue weighted by molar-refractivity contribution is 5.91. The molecule has 0 fully saturated rings. The van der Waals surface area contributed by atoms with E-state index >= 15 is 0 Å². The van der Waals surface area contributed by atoms with Crippen molar-refractivity contribution in [2.75, 3.05) is 0 Å². The zero-order valence-corrected chi connectivity index (χ0v) is 8.28. The zero-order valence-electron chi connectivity index (χ0n) is 8.28. The van der Waals surface area contributed by atoms with Crippen molar-refractivity contribution in [3.05, 3.63) is 24.2 Å². The number of carbonyl (C=O) groups is 1. The minimum absolute atomic E-state index is 0.207. The lowest BCUT2D eigenvalue weighted by Crippen LogP contribution is -2.37. The summed E-state index contributed by atoms with van der Waals surface area (Å²) in [6.07, 6.45) is 6.73. The minimum Gasteiger partial charge on any atom is -0.459 e. The van der Waals surface area contributed by atoms with Crippen LogP contribution in [0.3, 0.4) is 0 Å². The van der Waals surface area contributed by atoms with Crippen LogP contribution in [-0.4, -0.2) is 11.9 Å². The summed E-state index contributed by atoms with van der Waals surface area (Å²) in [6, 6.07) is 3.01. The highest BCUT2D eigenvalue weighted by atomic mass is 16.3. The standard InChI is InChI=1S/C11H13NO2/c1-4-9(8(2)3)12-11(13)10-6-5-7-14-10/h1,5-9H,2-3H3,(H,12,13). The second kappa shape index (κ2) is 4.52. The van der Waals surface area contributed by atoms with E-state index in [0.717, 1.165) is 0 Å². The van der Waals surface area contributed by atoms with Crippen LogP contribution in [-0.2, 0) is 0 Å². The number of nitrogens with one attached hydrogen (secondary N) is 1. The van der Waals surface area contributed by atoms with Crippen molar-refractivity contribution >= 4 is 5.91 Å². The van der Waals surface area contributed by atoms with E-state index in [1.54, 1.807) is 12.1 Å². The molecule has 14 heavy (non-hydrogen) atoms. The van der Waals surface area contributed by atoms with E-state index in [1.165, 1.54) is 6.26 Å². The Hall–Kier alpha value is -1.69. The summed E-state index contributed by atoms with van der Waals surface area (Å²) in [5.74, 6) is 2.74. The van der Waals surface area contributed by atoms with Gasteiger partial charge in [-0.25, -0.2) is 0 Å². The van der Waals surface area contributed by atoms with Crippen LogP contribution in [0.4, 0.5) is 0 Å². The number of furan rings is 1. The van der Waals surface area contributed by atoms with Crippen molar-refractivity contribution in [2.45, 2.75) is 19.9 Å². The van der Waals surface area contributed by atoms with Crippen LogP contribution in [0.1, 0.15) is 24.4 Å². The van der Waals surface area contributed by atoms with Crippen LogP contribution in [0.2, 0.25) is 0 Å². The van der Waals surface area contributed by atoms with Crippen LogP contribution in [0.25, 0.3) is 0 Å². The molecule has 1 unspecified atom stereocenters. The molecule has 0 aliphatic carbocycles. The molecule has 0 saturated heterocycles. The number of amides is 1. The number of rotatable bonds is 3. The van der Waals surface area contributed by atoms with E-state index in [0.29, 0.717) is 0 Å². The largest absolute Gasteiger partial charge is 0.459 e. The van der Waals surface area contributed by atoms with E-state index in [-0.39, 0.29) is 23.6 Å². The average molecular weight is 191 g/mol. The van der Waals surface area contributed by atoms with E-state index in [9.17, 15) is 4.79 Å². The molecular weight excluding hydrogens is 178 g/mol. The number of hydrogen-bond donors (Lipinski definition) is 1. The number of hydrogen-bond acceptors (Lipinski definition) is 2. The lowest BCUT2D eigenvalue weighted by Gasteiger charge is -2.15. The summed E-state index contributed by atoms with van der Waals surface area (Å²) in [4.78, 5) is 11.5. The molecule has 0 radical (unpaired) electrons. The molecule has 1 heterocycles. The summed E-state index contributed by atoms with van der Waals surface area (Å²) in [5.41, 5.74) is 0. The maximum Gasteiger partial charge on any atom is 0.287 e. The quantitative estimate of drug-likeness (QED) is 0.738. The van der Waals surface area contributed by atoms with Gasteiger partial charge in [0, 0.05) is 0 Å². The van der Waals surface area contributed by atoms with Crippen LogP contribution >= 0.6 is 0 Å². The third kappa shape index (κ3) is 2.40. The Morgan fingerprint density at radius 1 is 1.64 bits per heavy atom. The highest BCUT2D eigenvalue weighted by Gasteiger charge is 2.15. The lowest BCUT2D eigenvalue weighted by molar-refractivity contribution is 0.0910. The predicted molar refractivity (Wildman–Crippen MR) is 53.6 cm³/mol. The first-order valence-electron chi connectivity index (χ1n) is 4.45. The molecule has 3 heteroatoms. The second-order valence-electron chi connectivity index (χ2n) is 3.34. The number of terminal acetylenes is 1. The van der Waals surface area contributed by atoms with Gasteiger partial charge in [0.05, 0.1) is 12.3 Å². The summed E-state index contributed by atoms with van der Waals surface area (Å²) in [7, 11) is 0. The summed E-state index contributed by atoms with van der Waals surface area (Å²) >= 11 is 0. The topological polar surface area (TPSA) is 42.2 Å². The van der Waals surface area contributed by atoms with Crippen molar-refractivity contribution < 1.29 is 9.21 Å². The van der Waals surface area contributed by atoms with Gasteiger partial charge in [-0.1, -0.05) is 19.8 Å². The molecule has 0 bridgehead atoms. The molecule has 74 valence electrons. The number of carbonyl (C=O) groups excluding carboxylic acids is 1. The van der Waals surface area contributed by atoms with Gasteiger partial charge in [0.25, 0.3) is 5.91 Å². The van der Waals surface area contributed by atoms with E-state index in [1.807, 2.05) is 13.8 Å². The van der Waals surface area contributed by atoms with Gasteiger partial charge >= 0.3 is 0 Å². The Balaban J connectivity index is 2.61. The molecule has 0 spiro atoms. The molecule has 0 saturated carbocycles. The zero-order chi connectivity index (χ0) is 10.6. The molecule has 1 N–H and O–H groups in total. The molecule has 1 aromatic heterocycles. The summed E-state index contributed by atoms with van der Waals surface area (Å²) in [6.45, 7) is 3.90. The Kier molecular flexibility index (Phi) is 3.35. The van der Waals surface area contributed by atoms with Crippen molar-refractivity contribution in [1.29, 1.82) is 0 Å². The van der Waals surface area contributed by atoms with Gasteiger partial charge in [0.2, 0.25) is 0 Å². The van der Waals surface area contributed by atoms with Gasteiger partial charge in [0.15, 0.2) is 5.76 Å². The van der Waals surface area contributed by atoms with Crippen LogP contribution in [0, 0.1) is 18.3 Å². The minimum atomic E-state index is -0.272. The first-order valence-corrected chi connectivity index (χ1v) is 4.45. The maximum absolute atomic E-state index is 11.5. The Labute approximate surface area is 83.5 Å². The summed E-state index contributed by atoms with van der Waals surface area (Å²) < 4.78 is 4.94. The molecule has 0 aliphatic rings. The van der Waals surface area contributed by atoms with Crippen molar-refractivity contribution in [1.82, 2.24) is 5.32 Å². The fraction of sp³-hybridized carbons (Fsp3) is 0.364. The second-order valence-corrected chi connectivity index (χ2v) is 3.34. The lowest BCUT2D eigenvalue weighted by atomic mass is 10.1. The molecule has 1 aromatic rings. The molecular formula is C11H13NO2. The van der Waals surface area contributed by atoms with E-state index in [2.05, 4.69) is 11.2 Å². The van der Waals surface area contributed by atoms with Gasteiger partial charge < -0.3 is 9.73 Å². The first-order chi connectivity index (χ1) is 6.65. The normalized spacial score (nSPS) is 12.1. The highest BCUT2D eigenvalue weighted by Crippen LogP contribution is 2.04. The van der Waals surface area contributed by atoms with Crippen LogP contribution in [0.15, 0.2) is 22.8 Å². The van der Waals surface area contributed by atoms with E-state index < -0.39 is 0 Å². The van der Waals surface area contributed by atoms with Crippen molar-refractivity contribution in [2.24, 2.45) is 5.92 Å². The molecule has 1 atom stereocenters. The third-order valence-electron chi connectivity index (χ3n) is 1.88. The Morgan fingerprint density at radius 2 is 2.36 bits per heavy atom. The predicted octanol–water partition coefficient (Wildman–Crippen LogP) is 1.67. The van der Waals surface area contributed by atoms with Crippen molar-refractivity contribution in [3.8, 4) is 12.3 Å². The summed E-state index contributed by atoms with van der Waals surface area (Å²) in [5, 5.41) is 2.70. The van der Waals surface area contributed by atoms with Crippen LogP contribution in [0.5, 0.6) is 0 Å². The van der Waals surface area contributed by atoms with Crippen LogP contribution < -0.4 is 5.32 Å². The van der Waals surface area contributed by atoms with Gasteiger partial charge in [0.1, 0.15) is 0 Å². The molecule has 3 nitrogen and oxygen atoms in total. The van der Waals surface area contributed by atoms with Gasteiger partial charge in [-0.05, 0) is 18.1 Å². The van der Waals surface area contributed by atoms with Gasteiger partial charge in [-0.15, -0.1) is 6.42 Å². The smallest absolute Gasteiger partial charge is 0.287 e. The van der Waals surface area contributed by atoms with E-state index in [4.69, 9.17) is 10.8 Å². The average Bonchev–Trinajstić information content (AvgIpc) is 2.65. The Morgan fingerprint density at radius 3 is 2.79 bits per heavy atom. The SMILES string of the molecule is C#CC(NC(=O)c1ccco1)C(C)C. The maximum atomic E-state index is 11.5. The van der Waals surface area contributed by atoms with Crippen molar-refractivity contribution in [3.63, 3.8) is 0 Å². The first kappa shape index (κ1) is 10.4. The fourth-order valence-electron chi connectivity index (χ4n) is 1.02. The molecule has 0 aliphatic heterocycles. The van der Waals surface area contributed by atoms with Gasteiger partial charge in [-0.3, -0.25) is 4.79 Å². The molecule has 1 amide bonds. The monoisotopic (exact) mass is 191 g/mol. The third-order valence-corrected chi connectivity index (χ3v) is 1.88. The fourth-order valence-corrected chi connectivity index (χ4v) is 1.02.